The Kier molecular flexibility index (Phi) is 5.44. The summed E-state index contributed by atoms with van der Waals surface area (Å²) in [5.74, 6) is 1.31. The molecule has 158 valence electrons. The van der Waals surface area contributed by atoms with Gasteiger partial charge >= 0.3 is 0 Å². The Bertz CT molecular complexity index is 1290. The van der Waals surface area contributed by atoms with E-state index in [1.165, 1.54) is 11.3 Å². The summed E-state index contributed by atoms with van der Waals surface area (Å²) in [6.07, 6.45) is 2.91. The highest BCUT2D eigenvalue weighted by Crippen LogP contribution is 2.34. The molecule has 0 radical (unpaired) electrons. The van der Waals surface area contributed by atoms with Gasteiger partial charge in [-0.25, -0.2) is 0 Å². The van der Waals surface area contributed by atoms with Crippen LogP contribution in [0.2, 0.25) is 5.02 Å². The minimum Gasteiger partial charge on any atom is -0.493 e. The molecule has 0 saturated carbocycles. The van der Waals surface area contributed by atoms with E-state index in [1.807, 2.05) is 54.6 Å². The van der Waals surface area contributed by atoms with Gasteiger partial charge < -0.3 is 14.8 Å². The molecule has 0 spiro atoms. The molecule has 7 heteroatoms. The quantitative estimate of drug-likeness (QED) is 0.456. The van der Waals surface area contributed by atoms with E-state index in [0.29, 0.717) is 21.2 Å². The lowest BCUT2D eigenvalue weighted by Crippen LogP contribution is -2.20. The first-order valence-corrected chi connectivity index (χ1v) is 11.3. The lowest BCUT2D eigenvalue weighted by molar-refractivity contribution is 0.213. The monoisotopic (exact) mass is 452 g/mol. The van der Waals surface area contributed by atoms with Crippen LogP contribution in [-0.4, -0.2) is 30.9 Å². The summed E-state index contributed by atoms with van der Waals surface area (Å²) in [4.78, 5) is 14.3. The summed E-state index contributed by atoms with van der Waals surface area (Å²) in [6.45, 7) is 1.79. The molecule has 1 aliphatic rings. The Hall–Kier alpha value is -2.80. The minimum atomic E-state index is -0.0570. The van der Waals surface area contributed by atoms with Gasteiger partial charge in [-0.2, -0.15) is 0 Å². The van der Waals surface area contributed by atoms with Crippen LogP contribution in [-0.2, 0) is 0 Å². The maximum atomic E-state index is 13.3. The Morgan fingerprint density at radius 3 is 2.68 bits per heavy atom. The molecule has 1 aliphatic heterocycles. The van der Waals surface area contributed by atoms with Crippen LogP contribution in [0.5, 0.6) is 11.5 Å². The van der Waals surface area contributed by atoms with Crippen LogP contribution in [0.1, 0.15) is 6.42 Å². The van der Waals surface area contributed by atoms with Crippen LogP contribution in [0.25, 0.3) is 26.2 Å². The highest BCUT2D eigenvalue weighted by Gasteiger charge is 2.19. The zero-order valence-electron chi connectivity index (χ0n) is 16.9. The maximum Gasteiger partial charge on any atom is 0.273 e. The van der Waals surface area contributed by atoms with Crippen LogP contribution >= 0.6 is 22.9 Å². The SMILES string of the molecule is COc1cc(-n2ccc3cc(-c4ccc(Cl)cc4)sc3c2=O)ccc1O[C@@H]1CCNC1. The van der Waals surface area contributed by atoms with E-state index in [2.05, 4.69) is 5.32 Å². The molecule has 3 heterocycles. The Balaban J connectivity index is 1.51. The lowest BCUT2D eigenvalue weighted by atomic mass is 10.2. The van der Waals surface area contributed by atoms with Gasteiger partial charge in [-0.15, -0.1) is 11.3 Å². The largest absolute Gasteiger partial charge is 0.493 e. The number of halogens is 1. The fourth-order valence-corrected chi connectivity index (χ4v) is 5.02. The molecule has 2 aromatic carbocycles. The molecular weight excluding hydrogens is 432 g/mol. The maximum absolute atomic E-state index is 13.3. The third-order valence-corrected chi connectivity index (χ3v) is 6.88. The highest BCUT2D eigenvalue weighted by molar-refractivity contribution is 7.22. The summed E-state index contributed by atoms with van der Waals surface area (Å²) in [5, 5.41) is 4.91. The molecule has 5 nitrogen and oxygen atoms in total. The fourth-order valence-electron chi connectivity index (χ4n) is 3.80. The zero-order chi connectivity index (χ0) is 21.4. The van der Waals surface area contributed by atoms with Crippen LogP contribution in [0.3, 0.4) is 0 Å². The van der Waals surface area contributed by atoms with Crippen LogP contribution in [0.15, 0.2) is 65.6 Å². The van der Waals surface area contributed by atoms with Gasteiger partial charge in [0.1, 0.15) is 10.8 Å². The van der Waals surface area contributed by atoms with E-state index in [-0.39, 0.29) is 11.7 Å². The molecular formula is C24H21ClN2O3S. The molecule has 31 heavy (non-hydrogen) atoms. The topological polar surface area (TPSA) is 52.5 Å². The van der Waals surface area contributed by atoms with Gasteiger partial charge in [0.25, 0.3) is 5.56 Å². The number of thiophene rings is 1. The molecule has 0 aliphatic carbocycles. The number of nitrogens with zero attached hydrogens (tertiary/aromatic N) is 1. The lowest BCUT2D eigenvalue weighted by Gasteiger charge is -2.16. The summed E-state index contributed by atoms with van der Waals surface area (Å²) in [6, 6.07) is 17.3. The second-order valence-electron chi connectivity index (χ2n) is 7.46. The summed E-state index contributed by atoms with van der Waals surface area (Å²) < 4.78 is 14.0. The molecule has 0 bridgehead atoms. The molecule has 2 aromatic heterocycles. The van der Waals surface area contributed by atoms with Crippen molar-refractivity contribution in [1.82, 2.24) is 9.88 Å². The summed E-state index contributed by atoms with van der Waals surface area (Å²) in [5.41, 5.74) is 1.72. The summed E-state index contributed by atoms with van der Waals surface area (Å²) >= 11 is 7.49. The number of aromatic nitrogens is 1. The number of pyridine rings is 1. The summed E-state index contributed by atoms with van der Waals surface area (Å²) in [7, 11) is 1.61. The Morgan fingerprint density at radius 2 is 1.94 bits per heavy atom. The van der Waals surface area contributed by atoms with Gasteiger partial charge in [0.05, 0.1) is 12.8 Å². The van der Waals surface area contributed by atoms with Crippen molar-refractivity contribution in [1.29, 1.82) is 0 Å². The molecule has 1 fully saturated rings. The van der Waals surface area contributed by atoms with E-state index in [9.17, 15) is 4.79 Å². The van der Waals surface area contributed by atoms with Gasteiger partial charge in [-0.05, 0) is 54.9 Å². The zero-order valence-corrected chi connectivity index (χ0v) is 18.5. The van der Waals surface area contributed by atoms with Gasteiger partial charge in [0.15, 0.2) is 11.5 Å². The smallest absolute Gasteiger partial charge is 0.273 e. The van der Waals surface area contributed by atoms with Gasteiger partial charge in [-0.3, -0.25) is 9.36 Å². The normalized spacial score (nSPS) is 16.0. The van der Waals surface area contributed by atoms with Crippen molar-refractivity contribution in [3.8, 4) is 27.6 Å². The van der Waals surface area contributed by atoms with E-state index in [1.54, 1.807) is 17.9 Å². The highest BCUT2D eigenvalue weighted by atomic mass is 35.5. The first kappa shape index (κ1) is 20.1. The second-order valence-corrected chi connectivity index (χ2v) is 8.95. The standard InChI is InChI=1S/C24H21ClN2O3S/c1-29-21-13-18(6-7-20(21)30-19-8-10-26-14-19)27-11-9-16-12-22(31-23(16)24(27)28)15-2-4-17(25)5-3-15/h2-7,9,11-13,19,26H,8,10,14H2,1H3/t19-/m1/s1. The number of hydrogen-bond donors (Lipinski definition) is 1. The molecule has 5 rings (SSSR count). The third kappa shape index (κ3) is 3.94. The van der Waals surface area contributed by atoms with E-state index in [4.69, 9.17) is 21.1 Å². The number of rotatable bonds is 5. The van der Waals surface area contributed by atoms with Crippen molar-refractivity contribution in [3.05, 3.63) is 76.2 Å². The number of hydrogen-bond acceptors (Lipinski definition) is 5. The average molecular weight is 453 g/mol. The molecule has 1 saturated heterocycles. The van der Waals surface area contributed by atoms with Crippen molar-refractivity contribution < 1.29 is 9.47 Å². The number of methoxy groups -OCH3 is 1. The number of nitrogens with one attached hydrogen (secondary N) is 1. The minimum absolute atomic E-state index is 0.0570. The van der Waals surface area contributed by atoms with Gasteiger partial charge in [0, 0.05) is 34.1 Å². The van der Waals surface area contributed by atoms with Gasteiger partial charge in [0.2, 0.25) is 0 Å². The number of ether oxygens (including phenoxy) is 2. The molecule has 0 unspecified atom stereocenters. The van der Waals surface area contributed by atoms with Crippen molar-refractivity contribution in [2.24, 2.45) is 0 Å². The number of fused-ring (bicyclic) bond motifs is 1. The van der Waals surface area contributed by atoms with Gasteiger partial charge in [-0.1, -0.05) is 23.7 Å². The van der Waals surface area contributed by atoms with Crippen molar-refractivity contribution in [3.63, 3.8) is 0 Å². The second kappa shape index (κ2) is 8.38. The molecule has 4 aromatic rings. The molecule has 0 amide bonds. The first-order chi connectivity index (χ1) is 15.1. The van der Waals surface area contributed by atoms with Crippen molar-refractivity contribution >= 4 is 33.0 Å². The van der Waals surface area contributed by atoms with E-state index in [0.717, 1.165) is 41.0 Å². The van der Waals surface area contributed by atoms with E-state index < -0.39 is 0 Å². The Labute approximate surface area is 188 Å². The Morgan fingerprint density at radius 1 is 1.10 bits per heavy atom. The third-order valence-electron chi connectivity index (χ3n) is 5.44. The first-order valence-electron chi connectivity index (χ1n) is 10.1. The molecule has 1 atom stereocenters. The van der Waals surface area contributed by atoms with E-state index >= 15 is 0 Å². The fraction of sp³-hybridized carbons (Fsp3) is 0.208. The van der Waals surface area contributed by atoms with Crippen molar-refractivity contribution in [2.75, 3.05) is 20.2 Å². The number of benzene rings is 2. The van der Waals surface area contributed by atoms with Crippen LogP contribution < -0.4 is 20.3 Å². The molecule has 1 N–H and O–H groups in total. The predicted octanol–water partition coefficient (Wildman–Crippen LogP) is 5.12. The van der Waals surface area contributed by atoms with Crippen molar-refractivity contribution in [2.45, 2.75) is 12.5 Å². The van der Waals surface area contributed by atoms with Crippen LogP contribution in [0, 0.1) is 0 Å². The predicted molar refractivity (Wildman–Crippen MR) is 126 cm³/mol. The average Bonchev–Trinajstić information content (AvgIpc) is 3.45. The van der Waals surface area contributed by atoms with Crippen LogP contribution in [0.4, 0.5) is 0 Å².